The Balaban J connectivity index is 3.59. The number of rotatable bonds is 4. The molecule has 82 valence electrons. The predicted octanol–water partition coefficient (Wildman–Crippen LogP) is 1.66. The normalized spacial score (nSPS) is 23.5. The van der Waals surface area contributed by atoms with E-state index in [0.29, 0.717) is 0 Å². The van der Waals surface area contributed by atoms with Crippen molar-refractivity contribution >= 4 is 5.91 Å². The minimum Gasteiger partial charge on any atom is -0.392 e. The zero-order chi connectivity index (χ0) is 19.8. The molecule has 0 heterocycles. The molecule has 0 aliphatic carbocycles. The lowest BCUT2D eigenvalue weighted by Crippen LogP contribution is -2.30. The summed E-state index contributed by atoms with van der Waals surface area (Å²) in [7, 11) is 0. The van der Waals surface area contributed by atoms with Gasteiger partial charge in [-0.15, -0.1) is 0 Å². The van der Waals surface area contributed by atoms with Crippen molar-refractivity contribution in [3.8, 4) is 0 Å². The predicted molar refractivity (Wildman–Crippen MR) is 59.6 cm³/mol. The Morgan fingerprint density at radius 1 is 1.53 bits per heavy atom. The summed E-state index contributed by atoms with van der Waals surface area (Å²) in [6.45, 7) is -14.7. The van der Waals surface area contributed by atoms with Gasteiger partial charge in [0.05, 0.1) is 6.61 Å². The maximum atomic E-state index is 12.7. The van der Waals surface area contributed by atoms with Crippen molar-refractivity contribution in [2.75, 3.05) is 13.0 Å². The van der Waals surface area contributed by atoms with Gasteiger partial charge in [0.2, 0.25) is 0 Å². The van der Waals surface area contributed by atoms with Gasteiger partial charge in [-0.25, -0.2) is 0 Å². The molecule has 0 fully saturated rings. The highest BCUT2D eigenvalue weighted by molar-refractivity contribution is 5.94. The minimum atomic E-state index is -3.60. The van der Waals surface area contributed by atoms with Gasteiger partial charge in [-0.05, 0) is 31.4 Å². The van der Waals surface area contributed by atoms with Crippen LogP contribution in [0, 0.1) is 0 Å². The van der Waals surface area contributed by atoms with E-state index in [0.717, 1.165) is 12.1 Å². The molecule has 1 N–H and O–H groups in total. The van der Waals surface area contributed by atoms with Gasteiger partial charge in [0.25, 0.3) is 5.91 Å². The lowest BCUT2D eigenvalue weighted by molar-refractivity contribution is 0.0773. The molecule has 3 heteroatoms. The number of amides is 1. The largest absolute Gasteiger partial charge is 0.392 e. The standard InChI is InChI=1S/C12H17NO2/c1-3-13(4-2)12(15)11-7-5-6-10(8-11)9-14/h5-8,14H,3-4,9H2,1-2H3/i1D3,2D3,3D2,4D2. The van der Waals surface area contributed by atoms with Crippen LogP contribution in [0.1, 0.15) is 43.3 Å². The number of hydrogen-bond donors (Lipinski definition) is 1. The van der Waals surface area contributed by atoms with E-state index in [4.69, 9.17) is 18.8 Å². The molecule has 1 amide bonds. The summed E-state index contributed by atoms with van der Waals surface area (Å²) < 4.78 is 74.4. The molecule has 0 aliphatic heterocycles. The second-order valence-corrected chi connectivity index (χ2v) is 2.72. The topological polar surface area (TPSA) is 40.5 Å². The molecular formula is C12H17NO2. The fraction of sp³-hybridized carbons (Fsp3) is 0.417. The highest BCUT2D eigenvalue weighted by Crippen LogP contribution is 2.08. The molecule has 15 heavy (non-hydrogen) atoms. The maximum Gasteiger partial charge on any atom is 0.253 e. The fourth-order valence-corrected chi connectivity index (χ4v) is 1.06. The Labute approximate surface area is 104 Å². The lowest BCUT2D eigenvalue weighted by Gasteiger charge is -2.18. The summed E-state index contributed by atoms with van der Waals surface area (Å²) in [4.78, 5) is 12.3. The number of aliphatic hydroxyl groups excluding tert-OH is 1. The second-order valence-electron chi connectivity index (χ2n) is 2.72. The zero-order valence-corrected chi connectivity index (χ0v) is 7.82. The first kappa shape index (κ1) is 3.91. The average Bonchev–Trinajstić information content (AvgIpc) is 2.44. The van der Waals surface area contributed by atoms with Crippen LogP contribution in [0.2, 0.25) is 0 Å². The smallest absolute Gasteiger partial charge is 0.253 e. The molecule has 0 aromatic heterocycles. The van der Waals surface area contributed by atoms with Crippen LogP contribution in [0.4, 0.5) is 0 Å². The highest BCUT2D eigenvalue weighted by atomic mass is 16.3. The van der Waals surface area contributed by atoms with Crippen molar-refractivity contribution in [3.63, 3.8) is 0 Å². The average molecular weight is 217 g/mol. The van der Waals surface area contributed by atoms with E-state index in [9.17, 15) is 4.79 Å². The van der Waals surface area contributed by atoms with E-state index >= 15 is 0 Å². The summed E-state index contributed by atoms with van der Waals surface area (Å²) in [5, 5.41) is 9.11. The van der Waals surface area contributed by atoms with E-state index in [1.165, 1.54) is 12.1 Å². The minimum absolute atomic E-state index is 0.231. The molecule has 0 atom stereocenters. The van der Waals surface area contributed by atoms with E-state index < -0.39 is 44.1 Å². The van der Waals surface area contributed by atoms with Crippen LogP contribution >= 0.6 is 0 Å². The molecule has 0 aliphatic rings. The van der Waals surface area contributed by atoms with Crippen molar-refractivity contribution in [2.24, 2.45) is 0 Å². The van der Waals surface area contributed by atoms with Crippen LogP contribution in [0.3, 0.4) is 0 Å². The van der Waals surface area contributed by atoms with Crippen molar-refractivity contribution in [3.05, 3.63) is 35.4 Å². The Bertz CT molecular complexity index is 612. The van der Waals surface area contributed by atoms with E-state index in [2.05, 4.69) is 0 Å². The van der Waals surface area contributed by atoms with Gasteiger partial charge < -0.3 is 10.0 Å². The summed E-state index contributed by atoms with van der Waals surface area (Å²) >= 11 is 0. The molecule has 0 bridgehead atoms. The maximum absolute atomic E-state index is 12.7. The van der Waals surface area contributed by atoms with Gasteiger partial charge >= 0.3 is 0 Å². The third-order valence-electron chi connectivity index (χ3n) is 1.78. The van der Waals surface area contributed by atoms with Crippen molar-refractivity contribution in [2.45, 2.75) is 20.3 Å². The second kappa shape index (κ2) is 5.51. The van der Waals surface area contributed by atoms with Gasteiger partial charge in [0, 0.05) is 32.3 Å². The Hall–Kier alpha value is -1.35. The fourth-order valence-electron chi connectivity index (χ4n) is 1.06. The number of nitrogens with zero attached hydrogens (tertiary/aromatic N) is 1. The molecule has 1 aromatic carbocycles. The summed E-state index contributed by atoms with van der Waals surface area (Å²) in [6, 6.07) is 4.98. The molecule has 3 nitrogen and oxygen atoms in total. The zero-order valence-electron chi connectivity index (χ0n) is 17.8. The molecule has 1 aromatic rings. The first-order valence-corrected chi connectivity index (χ1v) is 4.12. The van der Waals surface area contributed by atoms with E-state index in [1.54, 1.807) is 0 Å². The molecule has 0 radical (unpaired) electrons. The Morgan fingerprint density at radius 2 is 2.27 bits per heavy atom. The SMILES string of the molecule is [2H]C([2H])([2H])C([2H])([2H])N(C(=O)c1cccc(CO)c1)C([2H])([2H])C([2H])([2H])[2H]. The summed E-state index contributed by atoms with van der Waals surface area (Å²) in [5.41, 5.74) is -0.123. The molecule has 0 unspecified atom stereocenters. The van der Waals surface area contributed by atoms with Crippen molar-refractivity contribution in [1.29, 1.82) is 0 Å². The van der Waals surface area contributed by atoms with Crippen LogP contribution in [-0.2, 0) is 6.61 Å². The first-order chi connectivity index (χ1) is 11.1. The van der Waals surface area contributed by atoms with Gasteiger partial charge in [-0.1, -0.05) is 12.1 Å². The number of hydrogen-bond acceptors (Lipinski definition) is 2. The van der Waals surface area contributed by atoms with E-state index in [-0.39, 0.29) is 11.1 Å². The van der Waals surface area contributed by atoms with Gasteiger partial charge in [-0.3, -0.25) is 4.79 Å². The quantitative estimate of drug-likeness (QED) is 0.833. The third kappa shape index (κ3) is 2.80. The van der Waals surface area contributed by atoms with Gasteiger partial charge in [0.1, 0.15) is 0 Å². The Morgan fingerprint density at radius 3 is 2.87 bits per heavy atom. The van der Waals surface area contributed by atoms with Crippen LogP contribution in [-0.4, -0.2) is 28.9 Å². The van der Waals surface area contributed by atoms with Crippen LogP contribution < -0.4 is 0 Å². The number of benzene rings is 1. The van der Waals surface area contributed by atoms with Crippen LogP contribution in [0.5, 0.6) is 0 Å². The van der Waals surface area contributed by atoms with Gasteiger partial charge in [0.15, 0.2) is 0 Å². The van der Waals surface area contributed by atoms with Crippen LogP contribution in [0.25, 0.3) is 0 Å². The van der Waals surface area contributed by atoms with Gasteiger partial charge in [-0.2, -0.15) is 0 Å². The molecule has 1 rings (SSSR count). The first-order valence-electron chi connectivity index (χ1n) is 9.12. The monoisotopic (exact) mass is 217 g/mol. The molecule has 0 saturated heterocycles. The van der Waals surface area contributed by atoms with Crippen molar-refractivity contribution in [1.82, 2.24) is 4.90 Å². The molecule has 0 spiro atoms. The lowest BCUT2D eigenvalue weighted by atomic mass is 10.1. The summed E-state index contributed by atoms with van der Waals surface area (Å²) in [6.07, 6.45) is 0. The highest BCUT2D eigenvalue weighted by Gasteiger charge is 2.11. The van der Waals surface area contributed by atoms with Crippen LogP contribution in [0.15, 0.2) is 24.3 Å². The number of carbonyl (C=O) groups is 1. The Kier molecular flexibility index (Phi) is 1.43. The van der Waals surface area contributed by atoms with Crippen molar-refractivity contribution < 1.29 is 23.6 Å². The third-order valence-corrected chi connectivity index (χ3v) is 1.78. The molecular weight excluding hydrogens is 190 g/mol. The number of aliphatic hydroxyl groups is 1. The van der Waals surface area contributed by atoms with E-state index in [1.807, 2.05) is 0 Å². The summed E-state index contributed by atoms with van der Waals surface area (Å²) in [5.74, 6) is -1.46. The molecule has 0 saturated carbocycles. The number of carbonyl (C=O) groups excluding carboxylic acids is 1.